The average Bonchev–Trinajstić information content (AvgIpc) is 2.72. The van der Waals surface area contributed by atoms with Gasteiger partial charge >= 0.3 is 6.09 Å². The molecule has 0 heterocycles. The van der Waals surface area contributed by atoms with Gasteiger partial charge in [-0.3, -0.25) is 14.4 Å². The zero-order valence-electron chi connectivity index (χ0n) is 18.9. The summed E-state index contributed by atoms with van der Waals surface area (Å²) in [5.74, 6) is -0.0129. The molecule has 0 atom stereocenters. The average molecular weight is 427 g/mol. The largest absolute Gasteiger partial charge is 0.453 e. The second kappa shape index (κ2) is 12.3. The third-order valence-corrected chi connectivity index (χ3v) is 4.65. The Hall–Kier alpha value is -3.48. The number of amides is 2. The van der Waals surface area contributed by atoms with Crippen molar-refractivity contribution in [3.63, 3.8) is 0 Å². The van der Waals surface area contributed by atoms with Crippen molar-refractivity contribution in [1.29, 1.82) is 0 Å². The molecule has 2 amide bonds. The summed E-state index contributed by atoms with van der Waals surface area (Å²) in [6.07, 6.45) is -0.479. The first-order chi connectivity index (χ1) is 14.5. The molecule has 0 bridgehead atoms. The van der Waals surface area contributed by atoms with E-state index in [0.717, 1.165) is 22.3 Å². The number of nitrogens with one attached hydrogen (secondary N) is 2. The first-order valence-electron chi connectivity index (χ1n) is 9.82. The molecule has 0 radical (unpaired) electrons. The van der Waals surface area contributed by atoms with Crippen LogP contribution in [0.2, 0.25) is 0 Å². The van der Waals surface area contributed by atoms with Gasteiger partial charge in [0.2, 0.25) is 5.91 Å². The molecule has 166 valence electrons. The number of aryl methyl sites for hydroxylation is 2. The monoisotopic (exact) mass is 426 g/mol. The fraction of sp³-hybridized carbons (Fsp3) is 0.333. The van der Waals surface area contributed by atoms with E-state index in [9.17, 15) is 19.2 Å². The van der Waals surface area contributed by atoms with E-state index in [1.807, 2.05) is 32.0 Å². The summed E-state index contributed by atoms with van der Waals surface area (Å²) in [5, 5.41) is 5.30. The van der Waals surface area contributed by atoms with Crippen LogP contribution < -0.4 is 10.6 Å². The molecule has 0 aromatic heterocycles. The predicted molar refractivity (Wildman–Crippen MR) is 119 cm³/mol. The van der Waals surface area contributed by atoms with Crippen LogP contribution in [0.25, 0.3) is 0 Å². The molecule has 0 aliphatic carbocycles. The third-order valence-electron chi connectivity index (χ3n) is 4.65. The lowest BCUT2D eigenvalue weighted by molar-refractivity contribution is -0.119. The Kier molecular flexibility index (Phi) is 10.1. The Morgan fingerprint density at radius 3 is 1.52 bits per heavy atom. The summed E-state index contributed by atoms with van der Waals surface area (Å²) in [4.78, 5) is 44.0. The minimum atomic E-state index is -0.479. The number of Topliss-reactive ketones (excluding diaryl/α,β-unsaturated/α-hetero) is 2. The van der Waals surface area contributed by atoms with E-state index in [-0.39, 0.29) is 17.5 Å². The number of carbonyl (C=O) groups is 4. The highest BCUT2D eigenvalue weighted by Crippen LogP contribution is 2.12. The molecule has 0 saturated heterocycles. The Labute approximate surface area is 183 Å². The van der Waals surface area contributed by atoms with Crippen molar-refractivity contribution in [2.75, 3.05) is 7.11 Å². The Bertz CT molecular complexity index is 966. The minimum absolute atomic E-state index is 0.0133. The summed E-state index contributed by atoms with van der Waals surface area (Å²) >= 11 is 0. The van der Waals surface area contributed by atoms with Crippen LogP contribution in [0.15, 0.2) is 36.4 Å². The number of ketones is 2. The van der Waals surface area contributed by atoms with Crippen LogP contribution >= 0.6 is 0 Å². The Balaban J connectivity index is 0.000000311. The molecule has 2 aromatic carbocycles. The second-order valence-corrected chi connectivity index (χ2v) is 7.15. The standard InChI is InChI=1S/C12H15NO3.C12H15NO2/c1-8-4-5-10(9(2)14)6-11(8)7-13-12(15)16-3;1-8-4-5-11(9(2)14)6-12(8)7-13-10(3)15/h4-6H,7H2,1-3H3,(H,13,15);4-6H,7H2,1-3H3,(H,13,15). The number of ether oxygens (including phenoxy) is 1. The lowest BCUT2D eigenvalue weighted by atomic mass is 10.0. The summed E-state index contributed by atoms with van der Waals surface area (Å²) in [5.41, 5.74) is 5.33. The fourth-order valence-corrected chi connectivity index (χ4v) is 2.62. The van der Waals surface area contributed by atoms with Crippen LogP contribution in [0.4, 0.5) is 4.79 Å². The van der Waals surface area contributed by atoms with Gasteiger partial charge in [0.15, 0.2) is 11.6 Å². The van der Waals surface area contributed by atoms with Gasteiger partial charge in [-0.05, 0) is 62.1 Å². The highest BCUT2D eigenvalue weighted by atomic mass is 16.5. The molecule has 0 aliphatic heterocycles. The van der Waals surface area contributed by atoms with E-state index < -0.39 is 6.09 Å². The maximum Gasteiger partial charge on any atom is 0.407 e. The van der Waals surface area contributed by atoms with E-state index in [2.05, 4.69) is 15.4 Å². The van der Waals surface area contributed by atoms with Crippen molar-refractivity contribution >= 4 is 23.6 Å². The first kappa shape index (κ1) is 25.6. The van der Waals surface area contributed by atoms with E-state index in [4.69, 9.17) is 0 Å². The number of alkyl carbamates (subject to hydrolysis) is 1. The lowest BCUT2D eigenvalue weighted by Gasteiger charge is -2.08. The number of hydrogen-bond acceptors (Lipinski definition) is 5. The van der Waals surface area contributed by atoms with Crippen LogP contribution in [0.1, 0.15) is 63.7 Å². The molecule has 0 saturated carbocycles. The third kappa shape index (κ3) is 8.82. The molecule has 2 aromatic rings. The number of hydrogen-bond donors (Lipinski definition) is 2. The second-order valence-electron chi connectivity index (χ2n) is 7.15. The molecule has 0 unspecified atom stereocenters. The van der Waals surface area contributed by atoms with Crippen molar-refractivity contribution in [1.82, 2.24) is 10.6 Å². The molecule has 7 heteroatoms. The highest BCUT2D eigenvalue weighted by Gasteiger charge is 2.06. The van der Waals surface area contributed by atoms with E-state index in [1.54, 1.807) is 18.2 Å². The van der Waals surface area contributed by atoms with Gasteiger partial charge in [-0.1, -0.05) is 24.3 Å². The number of carbonyl (C=O) groups excluding carboxylic acids is 4. The summed E-state index contributed by atoms with van der Waals surface area (Å²) in [6, 6.07) is 11.0. The smallest absolute Gasteiger partial charge is 0.407 e. The van der Waals surface area contributed by atoms with Crippen LogP contribution in [-0.4, -0.2) is 30.7 Å². The van der Waals surface area contributed by atoms with Crippen LogP contribution in [0.5, 0.6) is 0 Å². The topological polar surface area (TPSA) is 102 Å². The van der Waals surface area contributed by atoms with Crippen molar-refractivity contribution < 1.29 is 23.9 Å². The van der Waals surface area contributed by atoms with Crippen LogP contribution in [-0.2, 0) is 22.6 Å². The molecular weight excluding hydrogens is 396 g/mol. The molecule has 31 heavy (non-hydrogen) atoms. The zero-order valence-corrected chi connectivity index (χ0v) is 18.9. The number of benzene rings is 2. The maximum absolute atomic E-state index is 11.2. The van der Waals surface area contributed by atoms with Gasteiger partial charge in [-0.15, -0.1) is 0 Å². The summed E-state index contributed by atoms with van der Waals surface area (Å²) in [7, 11) is 1.31. The molecule has 0 spiro atoms. The van der Waals surface area contributed by atoms with Crippen molar-refractivity contribution in [2.24, 2.45) is 0 Å². The normalized spacial score (nSPS) is 9.74. The van der Waals surface area contributed by atoms with Crippen LogP contribution in [0.3, 0.4) is 0 Å². The van der Waals surface area contributed by atoms with Crippen molar-refractivity contribution in [3.8, 4) is 0 Å². The van der Waals surface area contributed by atoms with Gasteiger partial charge in [0.25, 0.3) is 0 Å². The van der Waals surface area contributed by atoms with Crippen molar-refractivity contribution in [3.05, 3.63) is 69.8 Å². The molecule has 0 fully saturated rings. The van der Waals surface area contributed by atoms with Gasteiger partial charge in [0.1, 0.15) is 0 Å². The molecule has 7 nitrogen and oxygen atoms in total. The van der Waals surface area contributed by atoms with Gasteiger partial charge in [0, 0.05) is 31.1 Å². The summed E-state index contributed by atoms with van der Waals surface area (Å²) in [6.45, 7) is 9.25. The molecule has 2 rings (SSSR count). The minimum Gasteiger partial charge on any atom is -0.453 e. The summed E-state index contributed by atoms with van der Waals surface area (Å²) < 4.78 is 4.47. The lowest BCUT2D eigenvalue weighted by Crippen LogP contribution is -2.22. The fourth-order valence-electron chi connectivity index (χ4n) is 2.62. The highest BCUT2D eigenvalue weighted by molar-refractivity contribution is 5.94. The molecule has 0 aliphatic rings. The number of rotatable bonds is 6. The van der Waals surface area contributed by atoms with E-state index in [0.29, 0.717) is 24.2 Å². The van der Waals surface area contributed by atoms with Crippen LogP contribution in [0, 0.1) is 13.8 Å². The van der Waals surface area contributed by atoms with Gasteiger partial charge in [-0.2, -0.15) is 0 Å². The molecular formula is C24H30N2O5. The number of methoxy groups -OCH3 is 1. The first-order valence-corrected chi connectivity index (χ1v) is 9.82. The SMILES string of the molecule is CC(=O)NCc1cc(C(C)=O)ccc1C.COC(=O)NCc1cc(C(C)=O)ccc1C. The van der Waals surface area contributed by atoms with E-state index in [1.165, 1.54) is 27.9 Å². The zero-order chi connectivity index (χ0) is 23.6. The Morgan fingerprint density at radius 1 is 0.742 bits per heavy atom. The van der Waals surface area contributed by atoms with Crippen molar-refractivity contribution in [2.45, 2.75) is 47.7 Å². The van der Waals surface area contributed by atoms with Gasteiger partial charge < -0.3 is 15.4 Å². The Morgan fingerprint density at radius 2 is 1.16 bits per heavy atom. The van der Waals surface area contributed by atoms with Gasteiger partial charge in [-0.25, -0.2) is 4.79 Å². The van der Waals surface area contributed by atoms with E-state index >= 15 is 0 Å². The van der Waals surface area contributed by atoms with Gasteiger partial charge in [0.05, 0.1) is 7.11 Å². The molecule has 2 N–H and O–H groups in total. The quantitative estimate of drug-likeness (QED) is 0.683. The maximum atomic E-state index is 11.2. The predicted octanol–water partition coefficient (Wildman–Crippen LogP) is 3.89.